The van der Waals surface area contributed by atoms with E-state index in [-0.39, 0.29) is 19.1 Å². The van der Waals surface area contributed by atoms with Gasteiger partial charge >= 0.3 is 11.9 Å². The summed E-state index contributed by atoms with van der Waals surface area (Å²) in [6.07, 6.45) is 0. The molecule has 0 amide bonds. The lowest BCUT2D eigenvalue weighted by Crippen LogP contribution is -2.28. The molecule has 0 heterocycles. The lowest BCUT2D eigenvalue weighted by atomic mass is 10.2. The van der Waals surface area contributed by atoms with Crippen LogP contribution in [0.2, 0.25) is 0 Å². The van der Waals surface area contributed by atoms with Gasteiger partial charge in [-0.2, -0.15) is 0 Å². The molecule has 0 aliphatic carbocycles. The third kappa shape index (κ3) is 7.20. The largest absolute Gasteiger partial charge is 0.482 e. The molecule has 0 aliphatic heterocycles. The first-order valence-corrected chi connectivity index (χ1v) is 6.55. The Kier molecular flexibility index (Phi) is 6.02. The van der Waals surface area contributed by atoms with Gasteiger partial charge < -0.3 is 19.5 Å². The zero-order valence-corrected chi connectivity index (χ0v) is 12.8. The second kappa shape index (κ2) is 7.52. The van der Waals surface area contributed by atoms with Crippen molar-refractivity contribution in [1.82, 2.24) is 0 Å². The van der Waals surface area contributed by atoms with Crippen LogP contribution in [0.3, 0.4) is 0 Å². The number of carbonyl (C=O) groups is 2. The number of nitrogens with one attached hydrogen (secondary N) is 1. The fourth-order valence-corrected chi connectivity index (χ4v) is 1.42. The van der Waals surface area contributed by atoms with Gasteiger partial charge in [-0.15, -0.1) is 0 Å². The molecular weight excluding hydrogens is 274 g/mol. The Morgan fingerprint density at radius 2 is 1.71 bits per heavy atom. The average molecular weight is 295 g/mol. The van der Waals surface area contributed by atoms with Gasteiger partial charge in [0.25, 0.3) is 0 Å². The van der Waals surface area contributed by atoms with E-state index >= 15 is 0 Å². The first kappa shape index (κ1) is 16.8. The summed E-state index contributed by atoms with van der Waals surface area (Å²) in [6.45, 7) is 5.40. The molecule has 0 atom stereocenters. The maximum atomic E-state index is 11.5. The molecule has 0 fully saturated rings. The number of carbonyl (C=O) groups excluding carboxylic acids is 2. The summed E-state index contributed by atoms with van der Waals surface area (Å²) in [4.78, 5) is 22.5. The molecule has 6 heteroatoms. The molecular formula is C15H21NO5. The third-order valence-corrected chi connectivity index (χ3v) is 2.30. The molecule has 116 valence electrons. The van der Waals surface area contributed by atoms with Gasteiger partial charge in [0, 0.05) is 5.69 Å². The Bertz CT molecular complexity index is 476. The second-order valence-corrected chi connectivity index (χ2v) is 5.33. The fraction of sp³-hybridized carbons (Fsp3) is 0.467. The summed E-state index contributed by atoms with van der Waals surface area (Å²) in [5.74, 6) is -0.223. The molecule has 6 nitrogen and oxygen atoms in total. The van der Waals surface area contributed by atoms with E-state index in [9.17, 15) is 9.59 Å². The quantitative estimate of drug-likeness (QED) is 0.809. The van der Waals surface area contributed by atoms with Crippen LogP contribution in [0.5, 0.6) is 5.75 Å². The lowest BCUT2D eigenvalue weighted by molar-refractivity contribution is -0.152. The molecule has 21 heavy (non-hydrogen) atoms. The van der Waals surface area contributed by atoms with E-state index in [0.717, 1.165) is 5.69 Å². The van der Waals surface area contributed by atoms with Crippen LogP contribution in [0.25, 0.3) is 0 Å². The van der Waals surface area contributed by atoms with E-state index in [0.29, 0.717) is 5.75 Å². The molecule has 0 bridgehead atoms. The SMILES string of the molecule is COC(=O)COc1ccc(NCC(=O)OC(C)(C)C)cc1. The Morgan fingerprint density at radius 1 is 1.10 bits per heavy atom. The van der Waals surface area contributed by atoms with E-state index in [1.54, 1.807) is 24.3 Å². The Morgan fingerprint density at radius 3 is 2.24 bits per heavy atom. The van der Waals surface area contributed by atoms with Crippen molar-refractivity contribution in [3.8, 4) is 5.75 Å². The first-order valence-electron chi connectivity index (χ1n) is 6.55. The second-order valence-electron chi connectivity index (χ2n) is 5.33. The average Bonchev–Trinajstić information content (AvgIpc) is 2.41. The topological polar surface area (TPSA) is 73.9 Å². The number of hydrogen-bond donors (Lipinski definition) is 1. The van der Waals surface area contributed by atoms with Crippen LogP contribution in [-0.4, -0.2) is 37.8 Å². The van der Waals surface area contributed by atoms with Crippen molar-refractivity contribution in [2.45, 2.75) is 26.4 Å². The van der Waals surface area contributed by atoms with Crippen molar-refractivity contribution in [2.24, 2.45) is 0 Å². The molecule has 0 unspecified atom stereocenters. The Balaban J connectivity index is 2.41. The van der Waals surface area contributed by atoms with Gasteiger partial charge in [-0.05, 0) is 45.0 Å². The molecule has 0 saturated heterocycles. The molecule has 1 rings (SSSR count). The highest BCUT2D eigenvalue weighted by molar-refractivity contribution is 5.75. The zero-order chi connectivity index (χ0) is 15.9. The molecule has 0 spiro atoms. The van der Waals surface area contributed by atoms with Gasteiger partial charge in [0.05, 0.1) is 7.11 Å². The van der Waals surface area contributed by atoms with Gasteiger partial charge in [-0.1, -0.05) is 0 Å². The zero-order valence-electron chi connectivity index (χ0n) is 12.8. The summed E-state index contributed by atoms with van der Waals surface area (Å²) in [7, 11) is 1.30. The lowest BCUT2D eigenvalue weighted by Gasteiger charge is -2.19. The summed E-state index contributed by atoms with van der Waals surface area (Å²) in [5.41, 5.74) is 0.260. The van der Waals surface area contributed by atoms with Crippen molar-refractivity contribution >= 4 is 17.6 Å². The molecule has 0 aromatic heterocycles. The minimum atomic E-state index is -0.496. The van der Waals surface area contributed by atoms with Gasteiger partial charge in [0.1, 0.15) is 17.9 Å². The first-order chi connectivity index (χ1) is 9.80. The molecule has 1 N–H and O–H groups in total. The van der Waals surface area contributed by atoms with Gasteiger partial charge in [0.15, 0.2) is 6.61 Å². The Labute approximate surface area is 124 Å². The minimum Gasteiger partial charge on any atom is -0.482 e. The monoisotopic (exact) mass is 295 g/mol. The summed E-state index contributed by atoms with van der Waals surface area (Å²) in [6, 6.07) is 6.88. The summed E-state index contributed by atoms with van der Waals surface area (Å²) in [5, 5.41) is 2.95. The normalized spacial score (nSPS) is 10.7. The Hall–Kier alpha value is -2.24. The van der Waals surface area contributed by atoms with Crippen LogP contribution in [-0.2, 0) is 19.1 Å². The minimum absolute atomic E-state index is 0.0830. The van der Waals surface area contributed by atoms with E-state index in [1.165, 1.54) is 7.11 Å². The van der Waals surface area contributed by atoms with E-state index in [2.05, 4.69) is 10.1 Å². The number of anilines is 1. The van der Waals surface area contributed by atoms with Crippen molar-refractivity contribution in [3.63, 3.8) is 0 Å². The van der Waals surface area contributed by atoms with Crippen LogP contribution < -0.4 is 10.1 Å². The number of methoxy groups -OCH3 is 1. The predicted molar refractivity (Wildman–Crippen MR) is 78.3 cm³/mol. The predicted octanol–water partition coefficient (Wildman–Crippen LogP) is 1.99. The number of esters is 2. The molecule has 0 saturated carbocycles. The maximum Gasteiger partial charge on any atom is 0.343 e. The molecule has 1 aromatic carbocycles. The number of rotatable bonds is 6. The number of benzene rings is 1. The van der Waals surface area contributed by atoms with Crippen LogP contribution in [0, 0.1) is 0 Å². The highest BCUT2D eigenvalue weighted by Crippen LogP contribution is 2.15. The highest BCUT2D eigenvalue weighted by Gasteiger charge is 2.15. The molecule has 0 aliphatic rings. The van der Waals surface area contributed by atoms with Crippen molar-refractivity contribution in [1.29, 1.82) is 0 Å². The van der Waals surface area contributed by atoms with E-state index < -0.39 is 11.6 Å². The van der Waals surface area contributed by atoms with E-state index in [4.69, 9.17) is 9.47 Å². The third-order valence-electron chi connectivity index (χ3n) is 2.30. The van der Waals surface area contributed by atoms with Gasteiger partial charge in [0.2, 0.25) is 0 Å². The van der Waals surface area contributed by atoms with Crippen molar-refractivity contribution in [3.05, 3.63) is 24.3 Å². The maximum absolute atomic E-state index is 11.5. The highest BCUT2D eigenvalue weighted by atomic mass is 16.6. The van der Waals surface area contributed by atoms with Crippen LogP contribution in [0.1, 0.15) is 20.8 Å². The fourth-order valence-electron chi connectivity index (χ4n) is 1.42. The van der Waals surface area contributed by atoms with Crippen molar-refractivity contribution in [2.75, 3.05) is 25.6 Å². The van der Waals surface area contributed by atoms with Crippen LogP contribution >= 0.6 is 0 Å². The van der Waals surface area contributed by atoms with Crippen LogP contribution in [0.4, 0.5) is 5.69 Å². The number of ether oxygens (including phenoxy) is 3. The molecule has 0 radical (unpaired) electrons. The van der Waals surface area contributed by atoms with Gasteiger partial charge in [-0.3, -0.25) is 4.79 Å². The smallest absolute Gasteiger partial charge is 0.343 e. The van der Waals surface area contributed by atoms with E-state index in [1.807, 2.05) is 20.8 Å². The van der Waals surface area contributed by atoms with Crippen molar-refractivity contribution < 1.29 is 23.8 Å². The number of hydrogen-bond acceptors (Lipinski definition) is 6. The summed E-state index contributed by atoms with van der Waals surface area (Å²) < 4.78 is 14.9. The summed E-state index contributed by atoms with van der Waals surface area (Å²) >= 11 is 0. The van der Waals surface area contributed by atoms with Gasteiger partial charge in [-0.25, -0.2) is 4.79 Å². The molecule has 1 aromatic rings. The van der Waals surface area contributed by atoms with Crippen LogP contribution in [0.15, 0.2) is 24.3 Å². The standard InChI is InChI=1S/C15H21NO5/c1-15(2,3)21-13(17)9-16-11-5-7-12(8-6-11)20-10-14(18)19-4/h5-8,16H,9-10H2,1-4H3.